The average Bonchev–Trinajstić information content (AvgIpc) is 3.56. The minimum atomic E-state index is -0.296. The Kier molecular flexibility index (Phi) is 4.29. The minimum absolute atomic E-state index is 0.0729. The molecule has 0 radical (unpaired) electrons. The standard InChI is InChI=1S/C23H26N6O3/c1-31-17-4-5-19-18(11-17)26-23(20-3-2-8-29(19)20)13-22(32-14-23)6-9-27(10-7-22)21(30)12-28-16-24-15-25-28/h2-5,8,11,15-16,26H,6-7,9-10,12-14H2,1H3. The number of methoxy groups -OCH3 is 1. The highest BCUT2D eigenvalue weighted by molar-refractivity contribution is 5.76. The molecular formula is C23H26N6O3. The van der Waals surface area contributed by atoms with E-state index in [1.54, 1.807) is 18.1 Å². The van der Waals surface area contributed by atoms with E-state index in [9.17, 15) is 4.79 Å². The first-order valence-corrected chi connectivity index (χ1v) is 11.0. The summed E-state index contributed by atoms with van der Waals surface area (Å²) in [6, 6.07) is 10.4. The number of carbonyl (C=O) groups is 1. The Morgan fingerprint density at radius 2 is 2.16 bits per heavy atom. The van der Waals surface area contributed by atoms with Gasteiger partial charge in [0.2, 0.25) is 5.91 Å². The molecule has 9 heteroatoms. The van der Waals surface area contributed by atoms with Crippen molar-refractivity contribution in [3.05, 3.63) is 54.9 Å². The summed E-state index contributed by atoms with van der Waals surface area (Å²) in [4.78, 5) is 18.5. The number of benzene rings is 1. The Bertz CT molecular complexity index is 1150. The molecule has 0 aliphatic carbocycles. The van der Waals surface area contributed by atoms with Gasteiger partial charge in [0.15, 0.2) is 0 Å². The monoisotopic (exact) mass is 434 g/mol. The van der Waals surface area contributed by atoms with Gasteiger partial charge >= 0.3 is 0 Å². The van der Waals surface area contributed by atoms with Crippen LogP contribution in [0.25, 0.3) is 5.69 Å². The van der Waals surface area contributed by atoms with Gasteiger partial charge in [0.25, 0.3) is 0 Å². The van der Waals surface area contributed by atoms with Gasteiger partial charge in [-0.1, -0.05) is 0 Å². The second kappa shape index (κ2) is 7.09. The summed E-state index contributed by atoms with van der Waals surface area (Å²) in [6.45, 7) is 2.20. The lowest BCUT2D eigenvalue weighted by molar-refractivity contribution is -0.136. The highest BCUT2D eigenvalue weighted by Gasteiger charge is 2.54. The number of carbonyl (C=O) groups excluding carboxylic acids is 1. The number of rotatable bonds is 3. The molecule has 0 bridgehead atoms. The van der Waals surface area contributed by atoms with Crippen LogP contribution in [0.2, 0.25) is 0 Å². The molecule has 1 atom stereocenters. The quantitative estimate of drug-likeness (QED) is 0.680. The molecule has 0 saturated carbocycles. The van der Waals surface area contributed by atoms with Crippen molar-refractivity contribution in [3.8, 4) is 11.4 Å². The van der Waals surface area contributed by atoms with Crippen LogP contribution < -0.4 is 10.1 Å². The van der Waals surface area contributed by atoms with Gasteiger partial charge in [0.05, 0.1) is 36.4 Å². The summed E-state index contributed by atoms with van der Waals surface area (Å²) < 4.78 is 15.8. The summed E-state index contributed by atoms with van der Waals surface area (Å²) in [7, 11) is 1.69. The maximum absolute atomic E-state index is 12.7. The lowest BCUT2D eigenvalue weighted by atomic mass is 9.79. The van der Waals surface area contributed by atoms with E-state index >= 15 is 0 Å². The third-order valence-corrected chi connectivity index (χ3v) is 7.12. The van der Waals surface area contributed by atoms with Crippen LogP contribution in [-0.4, -0.2) is 62.5 Å². The number of hydrogen-bond donors (Lipinski definition) is 1. The molecule has 2 fully saturated rings. The van der Waals surface area contributed by atoms with Crippen LogP contribution in [0, 0.1) is 0 Å². The zero-order valence-corrected chi connectivity index (χ0v) is 18.0. The molecule has 1 aromatic carbocycles. The van der Waals surface area contributed by atoms with Gasteiger partial charge in [-0.2, -0.15) is 5.10 Å². The molecule has 2 spiro atoms. The topological polar surface area (TPSA) is 86.4 Å². The molecule has 3 aliphatic heterocycles. The third-order valence-electron chi connectivity index (χ3n) is 7.12. The van der Waals surface area contributed by atoms with Crippen LogP contribution in [0.1, 0.15) is 25.0 Å². The predicted octanol–water partition coefficient (Wildman–Crippen LogP) is 2.18. The summed E-state index contributed by atoms with van der Waals surface area (Å²) >= 11 is 0. The highest BCUT2D eigenvalue weighted by Crippen LogP contribution is 2.50. The largest absolute Gasteiger partial charge is 0.497 e. The Morgan fingerprint density at radius 3 is 2.94 bits per heavy atom. The number of likely N-dealkylation sites (tertiary alicyclic amines) is 1. The van der Waals surface area contributed by atoms with Gasteiger partial charge in [0, 0.05) is 31.8 Å². The zero-order chi connectivity index (χ0) is 21.8. The van der Waals surface area contributed by atoms with Crippen molar-refractivity contribution >= 4 is 11.6 Å². The van der Waals surface area contributed by atoms with Crippen molar-refractivity contribution in [2.45, 2.75) is 36.9 Å². The van der Waals surface area contributed by atoms with E-state index in [2.05, 4.69) is 50.4 Å². The van der Waals surface area contributed by atoms with E-state index in [0.717, 1.165) is 36.4 Å². The van der Waals surface area contributed by atoms with Crippen molar-refractivity contribution in [1.29, 1.82) is 0 Å². The summed E-state index contributed by atoms with van der Waals surface area (Å²) in [5, 5.41) is 7.84. The van der Waals surface area contributed by atoms with Crippen molar-refractivity contribution in [3.63, 3.8) is 0 Å². The molecule has 2 aromatic heterocycles. The molecule has 32 heavy (non-hydrogen) atoms. The van der Waals surface area contributed by atoms with Gasteiger partial charge < -0.3 is 24.3 Å². The fourth-order valence-electron chi connectivity index (χ4n) is 5.47. The Hall–Kier alpha value is -3.33. The number of anilines is 1. The number of piperidine rings is 1. The molecule has 1 unspecified atom stereocenters. The molecule has 2 saturated heterocycles. The molecule has 9 nitrogen and oxygen atoms in total. The zero-order valence-electron chi connectivity index (χ0n) is 18.0. The smallest absolute Gasteiger partial charge is 0.244 e. The van der Waals surface area contributed by atoms with Crippen LogP contribution in [0.15, 0.2) is 49.2 Å². The lowest BCUT2D eigenvalue weighted by Gasteiger charge is -2.41. The predicted molar refractivity (Wildman–Crippen MR) is 117 cm³/mol. The van der Waals surface area contributed by atoms with Crippen LogP contribution in [0.5, 0.6) is 5.75 Å². The second-order valence-electron chi connectivity index (χ2n) is 8.98. The van der Waals surface area contributed by atoms with Crippen molar-refractivity contribution < 1.29 is 14.3 Å². The molecule has 5 heterocycles. The van der Waals surface area contributed by atoms with Crippen molar-refractivity contribution in [2.24, 2.45) is 0 Å². The van der Waals surface area contributed by atoms with E-state index in [-0.39, 0.29) is 23.6 Å². The van der Waals surface area contributed by atoms with Gasteiger partial charge in [-0.05, 0) is 37.1 Å². The van der Waals surface area contributed by atoms with E-state index in [1.807, 2.05) is 11.0 Å². The van der Waals surface area contributed by atoms with Crippen molar-refractivity contribution in [1.82, 2.24) is 24.2 Å². The normalized spacial score (nSPS) is 23.1. The lowest BCUT2D eigenvalue weighted by Crippen LogP contribution is -2.49. The first kappa shape index (κ1) is 19.4. The fourth-order valence-corrected chi connectivity index (χ4v) is 5.47. The number of amides is 1. The molecule has 1 amide bonds. The Morgan fingerprint density at radius 1 is 1.28 bits per heavy atom. The average molecular weight is 435 g/mol. The van der Waals surface area contributed by atoms with Crippen LogP contribution >= 0.6 is 0 Å². The van der Waals surface area contributed by atoms with Crippen LogP contribution in [0.3, 0.4) is 0 Å². The maximum atomic E-state index is 12.7. The molecule has 166 valence electrons. The van der Waals surface area contributed by atoms with Crippen LogP contribution in [-0.2, 0) is 21.6 Å². The number of hydrogen-bond acceptors (Lipinski definition) is 6. The second-order valence-corrected chi connectivity index (χ2v) is 8.98. The minimum Gasteiger partial charge on any atom is -0.497 e. The van der Waals surface area contributed by atoms with Gasteiger partial charge in [-0.3, -0.25) is 4.79 Å². The van der Waals surface area contributed by atoms with Crippen LogP contribution in [0.4, 0.5) is 5.69 Å². The van der Waals surface area contributed by atoms with Gasteiger partial charge in [0.1, 0.15) is 30.5 Å². The number of ether oxygens (including phenoxy) is 2. The van der Waals surface area contributed by atoms with Crippen molar-refractivity contribution in [2.75, 3.05) is 32.1 Å². The van der Waals surface area contributed by atoms with E-state index in [4.69, 9.17) is 9.47 Å². The Labute approximate surface area is 185 Å². The molecule has 3 aliphatic rings. The number of nitrogens with zero attached hydrogens (tertiary/aromatic N) is 5. The third kappa shape index (κ3) is 2.99. The van der Waals surface area contributed by atoms with E-state index < -0.39 is 0 Å². The summed E-state index contributed by atoms with van der Waals surface area (Å²) in [6.07, 6.45) is 7.65. The first-order chi connectivity index (χ1) is 15.6. The summed E-state index contributed by atoms with van der Waals surface area (Å²) in [5.41, 5.74) is 2.86. The molecule has 3 aromatic rings. The molecular weight excluding hydrogens is 408 g/mol. The Balaban J connectivity index is 1.21. The summed E-state index contributed by atoms with van der Waals surface area (Å²) in [5.74, 6) is 0.901. The van der Waals surface area contributed by atoms with Gasteiger partial charge in [-0.15, -0.1) is 0 Å². The fraction of sp³-hybridized carbons (Fsp3) is 0.435. The SMILES string of the molecule is COc1ccc2c(c1)NC1(COC3(CCN(C(=O)Cn4cncn4)CC3)C1)c1cccn1-2. The maximum Gasteiger partial charge on any atom is 0.244 e. The highest BCUT2D eigenvalue weighted by atomic mass is 16.5. The molecule has 6 rings (SSSR count). The number of nitrogens with one attached hydrogen (secondary N) is 1. The van der Waals surface area contributed by atoms with Gasteiger partial charge in [-0.25, -0.2) is 9.67 Å². The van der Waals surface area contributed by atoms with E-state index in [0.29, 0.717) is 19.7 Å². The number of aromatic nitrogens is 4. The van der Waals surface area contributed by atoms with E-state index in [1.165, 1.54) is 12.0 Å². The first-order valence-electron chi connectivity index (χ1n) is 11.0. The molecule has 1 N–H and O–H groups in total. The number of fused-ring (bicyclic) bond motifs is 4.